The van der Waals surface area contributed by atoms with Crippen molar-refractivity contribution in [3.63, 3.8) is 0 Å². The molecule has 3 heteroatoms. The van der Waals surface area contributed by atoms with Crippen molar-refractivity contribution in [1.82, 2.24) is 4.90 Å². The lowest BCUT2D eigenvalue weighted by Crippen LogP contribution is -2.39. The largest absolute Gasteiger partial charge is 0.345 e. The number of amides is 1. The van der Waals surface area contributed by atoms with Gasteiger partial charge in [0.1, 0.15) is 5.78 Å². The monoisotopic (exact) mass is 225 g/mol. The summed E-state index contributed by atoms with van der Waals surface area (Å²) in [5, 5.41) is 0. The van der Waals surface area contributed by atoms with E-state index < -0.39 is 0 Å². The third-order valence-corrected chi connectivity index (χ3v) is 2.98. The predicted octanol–water partition coefficient (Wildman–Crippen LogP) is 2.25. The van der Waals surface area contributed by atoms with Gasteiger partial charge in [0, 0.05) is 32.4 Å². The van der Waals surface area contributed by atoms with Gasteiger partial charge in [0.15, 0.2) is 0 Å². The van der Waals surface area contributed by atoms with Gasteiger partial charge in [-0.05, 0) is 18.3 Å². The number of hydrogen-bond donors (Lipinski definition) is 0. The second-order valence-corrected chi connectivity index (χ2v) is 6.07. The molecule has 0 atom stereocenters. The number of carbonyl (C=O) groups excluding carboxylic acids is 2. The zero-order valence-electron chi connectivity index (χ0n) is 10.9. The van der Waals surface area contributed by atoms with Crippen molar-refractivity contribution < 1.29 is 9.59 Å². The van der Waals surface area contributed by atoms with E-state index in [9.17, 15) is 9.59 Å². The van der Waals surface area contributed by atoms with E-state index in [0.717, 1.165) is 19.4 Å². The topological polar surface area (TPSA) is 37.4 Å². The smallest absolute Gasteiger partial charge is 0.225 e. The summed E-state index contributed by atoms with van der Waals surface area (Å²) in [6, 6.07) is 0. The maximum Gasteiger partial charge on any atom is 0.225 e. The first-order valence-electron chi connectivity index (χ1n) is 6.06. The van der Waals surface area contributed by atoms with E-state index >= 15 is 0 Å². The molecule has 92 valence electrons. The van der Waals surface area contributed by atoms with Gasteiger partial charge in [-0.3, -0.25) is 9.59 Å². The molecule has 3 nitrogen and oxygen atoms in total. The van der Waals surface area contributed by atoms with Crippen molar-refractivity contribution in [1.29, 1.82) is 0 Å². The molecule has 0 heterocycles. The molecule has 0 unspecified atom stereocenters. The molecular weight excluding hydrogens is 202 g/mol. The summed E-state index contributed by atoms with van der Waals surface area (Å²) >= 11 is 0. The molecule has 0 aromatic carbocycles. The molecule has 1 aliphatic rings. The molecule has 1 rings (SSSR count). The molecule has 0 aliphatic heterocycles. The van der Waals surface area contributed by atoms with Crippen LogP contribution in [0.2, 0.25) is 0 Å². The average molecular weight is 225 g/mol. The molecule has 1 saturated carbocycles. The summed E-state index contributed by atoms with van der Waals surface area (Å²) in [5.74, 6) is 0.593. The summed E-state index contributed by atoms with van der Waals surface area (Å²) in [4.78, 5) is 25.0. The van der Waals surface area contributed by atoms with Crippen molar-refractivity contribution in [3.05, 3.63) is 0 Å². The fourth-order valence-corrected chi connectivity index (χ4v) is 2.29. The number of Topliss-reactive ketones (excluding diaryl/α,β-unsaturated/α-hetero) is 1. The first kappa shape index (κ1) is 13.2. The predicted molar refractivity (Wildman–Crippen MR) is 64.1 cm³/mol. The number of carbonyl (C=O) groups is 2. The van der Waals surface area contributed by atoms with Gasteiger partial charge in [-0.1, -0.05) is 20.8 Å². The Morgan fingerprint density at radius 3 is 2.25 bits per heavy atom. The van der Waals surface area contributed by atoms with Crippen molar-refractivity contribution in [2.45, 2.75) is 46.5 Å². The van der Waals surface area contributed by atoms with Crippen molar-refractivity contribution in [3.8, 4) is 0 Å². The molecule has 0 aromatic heterocycles. The Hall–Kier alpha value is -0.860. The van der Waals surface area contributed by atoms with E-state index in [1.807, 2.05) is 11.9 Å². The van der Waals surface area contributed by atoms with Crippen molar-refractivity contribution in [2.75, 3.05) is 13.6 Å². The zero-order valence-corrected chi connectivity index (χ0v) is 10.9. The van der Waals surface area contributed by atoms with Gasteiger partial charge in [-0.15, -0.1) is 0 Å². The lowest BCUT2D eigenvalue weighted by atomic mass is 9.87. The van der Waals surface area contributed by atoms with Gasteiger partial charge < -0.3 is 4.90 Å². The fraction of sp³-hybridized carbons (Fsp3) is 0.846. The van der Waals surface area contributed by atoms with Crippen LogP contribution in [0.5, 0.6) is 0 Å². The Kier molecular flexibility index (Phi) is 4.11. The summed E-state index contributed by atoms with van der Waals surface area (Å²) in [6.45, 7) is 7.15. The van der Waals surface area contributed by atoms with Crippen LogP contribution in [-0.4, -0.2) is 30.2 Å². The molecule has 0 bridgehead atoms. The lowest BCUT2D eigenvalue weighted by molar-refractivity contribution is -0.137. The number of rotatable bonds is 2. The van der Waals surface area contributed by atoms with Crippen LogP contribution in [0.3, 0.4) is 0 Å². The van der Waals surface area contributed by atoms with Crippen LogP contribution in [0.1, 0.15) is 46.5 Å². The first-order chi connectivity index (χ1) is 7.29. The van der Waals surface area contributed by atoms with Crippen LogP contribution in [0.15, 0.2) is 0 Å². The molecule has 0 spiro atoms. The maximum absolute atomic E-state index is 12.1. The van der Waals surface area contributed by atoms with Gasteiger partial charge in [0.2, 0.25) is 5.91 Å². The standard InChI is InChI=1S/C13H23NO2/c1-13(2,3)9-14(4)12(16)10-5-7-11(15)8-6-10/h10H,5-9H2,1-4H3. The van der Waals surface area contributed by atoms with Crippen LogP contribution in [0.4, 0.5) is 0 Å². The quantitative estimate of drug-likeness (QED) is 0.723. The van der Waals surface area contributed by atoms with Gasteiger partial charge in [-0.2, -0.15) is 0 Å². The minimum atomic E-state index is 0.0741. The molecule has 1 amide bonds. The van der Waals surface area contributed by atoms with E-state index in [4.69, 9.17) is 0 Å². The van der Waals surface area contributed by atoms with Crippen LogP contribution < -0.4 is 0 Å². The second-order valence-electron chi connectivity index (χ2n) is 6.07. The van der Waals surface area contributed by atoms with E-state index in [1.165, 1.54) is 0 Å². The van der Waals surface area contributed by atoms with Gasteiger partial charge in [0.25, 0.3) is 0 Å². The Labute approximate surface area is 98.2 Å². The van der Waals surface area contributed by atoms with Crippen LogP contribution >= 0.6 is 0 Å². The van der Waals surface area contributed by atoms with Crippen molar-refractivity contribution >= 4 is 11.7 Å². The summed E-state index contributed by atoms with van der Waals surface area (Å²) in [7, 11) is 1.87. The number of nitrogens with zero attached hydrogens (tertiary/aromatic N) is 1. The van der Waals surface area contributed by atoms with Gasteiger partial charge >= 0.3 is 0 Å². The Morgan fingerprint density at radius 2 is 1.81 bits per heavy atom. The normalized spacial score (nSPS) is 18.6. The molecule has 0 N–H and O–H groups in total. The fourth-order valence-electron chi connectivity index (χ4n) is 2.29. The van der Waals surface area contributed by atoms with Gasteiger partial charge in [-0.25, -0.2) is 0 Å². The average Bonchev–Trinajstić information content (AvgIpc) is 2.15. The highest BCUT2D eigenvalue weighted by Crippen LogP contribution is 2.24. The molecule has 0 radical (unpaired) electrons. The summed E-state index contributed by atoms with van der Waals surface area (Å²) < 4.78 is 0. The first-order valence-corrected chi connectivity index (χ1v) is 6.06. The number of hydrogen-bond acceptors (Lipinski definition) is 2. The Morgan fingerprint density at radius 1 is 1.31 bits per heavy atom. The maximum atomic E-state index is 12.1. The van der Waals surface area contributed by atoms with E-state index in [2.05, 4.69) is 20.8 Å². The molecular formula is C13H23NO2. The molecule has 0 aromatic rings. The lowest BCUT2D eigenvalue weighted by Gasteiger charge is -2.30. The zero-order chi connectivity index (χ0) is 12.3. The Bertz CT molecular complexity index is 268. The van der Waals surface area contributed by atoms with E-state index in [1.54, 1.807) is 0 Å². The van der Waals surface area contributed by atoms with Crippen LogP contribution in [0.25, 0.3) is 0 Å². The third kappa shape index (κ3) is 3.95. The van der Waals surface area contributed by atoms with Crippen LogP contribution in [-0.2, 0) is 9.59 Å². The highest BCUT2D eigenvalue weighted by Gasteiger charge is 2.28. The minimum absolute atomic E-state index is 0.0741. The van der Waals surface area contributed by atoms with E-state index in [0.29, 0.717) is 18.6 Å². The highest BCUT2D eigenvalue weighted by molar-refractivity contribution is 5.84. The molecule has 1 aliphatic carbocycles. The SMILES string of the molecule is CN(CC(C)(C)C)C(=O)C1CCC(=O)CC1. The highest BCUT2D eigenvalue weighted by atomic mass is 16.2. The Balaban J connectivity index is 2.48. The summed E-state index contributed by atoms with van der Waals surface area (Å²) in [6.07, 6.45) is 2.65. The van der Waals surface area contributed by atoms with E-state index in [-0.39, 0.29) is 17.2 Å². The number of ketones is 1. The molecule has 16 heavy (non-hydrogen) atoms. The van der Waals surface area contributed by atoms with Crippen LogP contribution in [0, 0.1) is 11.3 Å². The molecule has 1 fully saturated rings. The third-order valence-electron chi connectivity index (χ3n) is 2.98. The van der Waals surface area contributed by atoms with Gasteiger partial charge in [0.05, 0.1) is 0 Å². The van der Waals surface area contributed by atoms with Crippen molar-refractivity contribution in [2.24, 2.45) is 11.3 Å². The second kappa shape index (κ2) is 4.98. The summed E-state index contributed by atoms with van der Waals surface area (Å²) in [5.41, 5.74) is 0.134. The molecule has 0 saturated heterocycles. The minimum Gasteiger partial charge on any atom is -0.345 e.